The highest BCUT2D eigenvalue weighted by atomic mass is 35.5. The smallest absolute Gasteiger partial charge is 0.338 e. The molecular weight excluding hydrogens is 478 g/mol. The predicted octanol–water partition coefficient (Wildman–Crippen LogP) is 3.97. The van der Waals surface area contributed by atoms with Crippen molar-refractivity contribution in [3.63, 3.8) is 0 Å². The number of halogens is 1. The number of para-hydroxylation sites is 1. The Morgan fingerprint density at radius 2 is 1.79 bits per heavy atom. The number of rotatable bonds is 7. The number of hydrogen-bond acceptors (Lipinski definition) is 6. The van der Waals surface area contributed by atoms with Gasteiger partial charge in [0.05, 0.1) is 21.5 Å². The number of fused-ring (bicyclic) bond motifs is 1. The molecule has 0 saturated heterocycles. The van der Waals surface area contributed by atoms with Crippen LogP contribution < -0.4 is 10.3 Å². The van der Waals surface area contributed by atoms with Gasteiger partial charge in [-0.05, 0) is 42.8 Å². The van der Waals surface area contributed by atoms with Gasteiger partial charge in [-0.3, -0.25) is 4.79 Å². The van der Waals surface area contributed by atoms with Crippen molar-refractivity contribution in [2.24, 2.45) is 0 Å². The highest BCUT2D eigenvalue weighted by Gasteiger charge is 2.22. The maximum absolute atomic E-state index is 12.8. The molecule has 0 aliphatic carbocycles. The summed E-state index contributed by atoms with van der Waals surface area (Å²) in [6.45, 7) is 1.62. The second-order valence-electron chi connectivity index (χ2n) is 7.47. The van der Waals surface area contributed by atoms with Gasteiger partial charge in [0.1, 0.15) is 4.90 Å². The molecule has 4 aromatic rings. The number of aromatic nitrogens is 2. The normalized spacial score (nSPS) is 12.4. The lowest BCUT2D eigenvalue weighted by atomic mass is 10.2. The van der Waals surface area contributed by atoms with E-state index in [0.717, 1.165) is 11.6 Å². The first-order chi connectivity index (χ1) is 16.2. The summed E-state index contributed by atoms with van der Waals surface area (Å²) in [5.74, 6) is -0.622. The Kier molecular flexibility index (Phi) is 6.78. The Labute approximate surface area is 200 Å². The van der Waals surface area contributed by atoms with E-state index in [4.69, 9.17) is 16.3 Å². The number of hydrogen-bond donors (Lipinski definition) is 2. The molecular formula is C24H20ClN3O5S. The van der Waals surface area contributed by atoms with E-state index in [1.165, 1.54) is 12.1 Å². The second kappa shape index (κ2) is 9.76. The van der Waals surface area contributed by atoms with E-state index < -0.39 is 22.1 Å². The molecule has 3 aromatic carbocycles. The Bertz CT molecular complexity index is 1520. The van der Waals surface area contributed by atoms with Crippen LogP contribution in [0, 0.1) is 0 Å². The zero-order valence-electron chi connectivity index (χ0n) is 18.0. The van der Waals surface area contributed by atoms with Crippen molar-refractivity contribution >= 4 is 38.5 Å². The minimum absolute atomic E-state index is 0.0144. The fourth-order valence-corrected chi connectivity index (χ4v) is 4.81. The Morgan fingerprint density at radius 3 is 2.56 bits per heavy atom. The van der Waals surface area contributed by atoms with Crippen molar-refractivity contribution < 1.29 is 17.9 Å². The molecule has 1 aromatic heterocycles. The van der Waals surface area contributed by atoms with Gasteiger partial charge in [-0.2, -0.15) is 0 Å². The molecule has 0 radical (unpaired) electrons. The van der Waals surface area contributed by atoms with Crippen LogP contribution in [0.4, 0.5) is 0 Å². The average molecular weight is 498 g/mol. The maximum Gasteiger partial charge on any atom is 0.338 e. The summed E-state index contributed by atoms with van der Waals surface area (Å²) < 4.78 is 33.5. The summed E-state index contributed by atoms with van der Waals surface area (Å²) in [6, 6.07) is 19.6. The fraction of sp³-hybridized carbons (Fsp3) is 0.125. The highest BCUT2D eigenvalue weighted by Crippen LogP contribution is 2.24. The highest BCUT2D eigenvalue weighted by molar-refractivity contribution is 7.89. The minimum atomic E-state index is -4.01. The molecule has 174 valence electrons. The summed E-state index contributed by atoms with van der Waals surface area (Å²) in [4.78, 5) is 31.8. The van der Waals surface area contributed by atoms with Gasteiger partial charge in [-0.25, -0.2) is 22.9 Å². The van der Waals surface area contributed by atoms with Crippen molar-refractivity contribution in [2.45, 2.75) is 24.5 Å². The molecule has 10 heteroatoms. The van der Waals surface area contributed by atoms with E-state index >= 15 is 0 Å². The maximum atomic E-state index is 12.8. The lowest BCUT2D eigenvalue weighted by Crippen LogP contribution is -2.24. The van der Waals surface area contributed by atoms with E-state index in [2.05, 4.69) is 14.7 Å². The molecule has 0 saturated carbocycles. The standard InChI is InChI=1S/C24H20ClN3O5S/c1-15(22-27-20-10-6-5-9-18(20)23(29)28-22)33-24(30)17-11-12-19(25)21(13-17)34(31,32)26-14-16-7-3-2-4-8-16/h2-13,15,26H,14H2,1H3,(H,27,28,29)/t15-/m0/s1. The van der Waals surface area contributed by atoms with Crippen LogP contribution in [0.1, 0.15) is 34.8 Å². The largest absolute Gasteiger partial charge is 0.451 e. The number of nitrogens with one attached hydrogen (secondary N) is 2. The lowest BCUT2D eigenvalue weighted by molar-refractivity contribution is 0.0319. The third-order valence-electron chi connectivity index (χ3n) is 5.07. The third kappa shape index (κ3) is 5.17. The number of ether oxygens (including phenoxy) is 1. The van der Waals surface area contributed by atoms with Crippen molar-refractivity contribution in [3.05, 3.63) is 105 Å². The van der Waals surface area contributed by atoms with E-state index in [-0.39, 0.29) is 33.4 Å². The average Bonchev–Trinajstić information content (AvgIpc) is 2.83. The Hall–Kier alpha value is -3.53. The summed E-state index contributed by atoms with van der Waals surface area (Å²) in [6.07, 6.45) is -0.892. The summed E-state index contributed by atoms with van der Waals surface area (Å²) in [5, 5.41) is 0.381. The topological polar surface area (TPSA) is 118 Å². The van der Waals surface area contributed by atoms with E-state index in [0.29, 0.717) is 10.9 Å². The SMILES string of the molecule is C[C@H](OC(=O)c1ccc(Cl)c(S(=O)(=O)NCc2ccccc2)c1)c1nc2ccccc2c(=O)[nH]1. The molecule has 0 aliphatic heterocycles. The Balaban J connectivity index is 1.54. The van der Waals surface area contributed by atoms with Crippen molar-refractivity contribution in [1.29, 1.82) is 0 Å². The molecule has 4 rings (SSSR count). The number of nitrogens with zero attached hydrogens (tertiary/aromatic N) is 1. The summed E-state index contributed by atoms with van der Waals surface area (Å²) >= 11 is 6.12. The van der Waals surface area contributed by atoms with Gasteiger partial charge in [-0.1, -0.05) is 54.1 Å². The lowest BCUT2D eigenvalue weighted by Gasteiger charge is -2.14. The van der Waals surface area contributed by atoms with Gasteiger partial charge in [0.25, 0.3) is 5.56 Å². The van der Waals surface area contributed by atoms with Gasteiger partial charge in [0.2, 0.25) is 10.0 Å². The number of sulfonamides is 1. The van der Waals surface area contributed by atoms with Crippen LogP contribution >= 0.6 is 11.6 Å². The quantitative estimate of drug-likeness (QED) is 0.373. The zero-order chi connectivity index (χ0) is 24.3. The molecule has 1 heterocycles. The van der Waals surface area contributed by atoms with Gasteiger partial charge < -0.3 is 9.72 Å². The molecule has 2 N–H and O–H groups in total. The number of aromatic amines is 1. The molecule has 1 atom stereocenters. The number of benzene rings is 3. The Morgan fingerprint density at radius 1 is 1.09 bits per heavy atom. The molecule has 0 fully saturated rings. The molecule has 0 unspecified atom stereocenters. The summed E-state index contributed by atoms with van der Waals surface area (Å²) in [7, 11) is -4.01. The van der Waals surface area contributed by atoms with Crippen LogP contribution in [-0.4, -0.2) is 24.4 Å². The van der Waals surface area contributed by atoms with Crippen LogP contribution in [0.5, 0.6) is 0 Å². The number of H-pyrrole nitrogens is 1. The van der Waals surface area contributed by atoms with Crippen LogP contribution in [0.15, 0.2) is 82.5 Å². The third-order valence-corrected chi connectivity index (χ3v) is 6.95. The van der Waals surface area contributed by atoms with Crippen LogP contribution in [0.2, 0.25) is 5.02 Å². The van der Waals surface area contributed by atoms with Gasteiger partial charge in [0, 0.05) is 6.54 Å². The minimum Gasteiger partial charge on any atom is -0.451 e. The zero-order valence-corrected chi connectivity index (χ0v) is 19.6. The van der Waals surface area contributed by atoms with E-state index in [1.54, 1.807) is 55.5 Å². The summed E-state index contributed by atoms with van der Waals surface area (Å²) in [5.41, 5.74) is 0.865. The van der Waals surface area contributed by atoms with Crippen molar-refractivity contribution in [1.82, 2.24) is 14.7 Å². The first kappa shape index (κ1) is 23.6. The number of carbonyl (C=O) groups is 1. The molecule has 8 nitrogen and oxygen atoms in total. The fourth-order valence-electron chi connectivity index (χ4n) is 3.27. The van der Waals surface area contributed by atoms with Gasteiger partial charge in [0.15, 0.2) is 11.9 Å². The van der Waals surface area contributed by atoms with Crippen LogP contribution in [0.3, 0.4) is 0 Å². The first-order valence-electron chi connectivity index (χ1n) is 10.3. The van der Waals surface area contributed by atoms with Crippen molar-refractivity contribution in [3.8, 4) is 0 Å². The second-order valence-corrected chi connectivity index (χ2v) is 9.61. The monoisotopic (exact) mass is 497 g/mol. The first-order valence-corrected chi connectivity index (χ1v) is 12.1. The van der Waals surface area contributed by atoms with Gasteiger partial charge >= 0.3 is 5.97 Å². The molecule has 0 bridgehead atoms. The molecule has 0 amide bonds. The van der Waals surface area contributed by atoms with Gasteiger partial charge in [-0.15, -0.1) is 0 Å². The molecule has 34 heavy (non-hydrogen) atoms. The van der Waals surface area contributed by atoms with Crippen LogP contribution in [-0.2, 0) is 21.3 Å². The van der Waals surface area contributed by atoms with Crippen molar-refractivity contribution in [2.75, 3.05) is 0 Å². The molecule has 0 aliphatic rings. The number of esters is 1. The molecule has 0 spiro atoms. The number of carbonyl (C=O) groups excluding carboxylic acids is 1. The van der Waals surface area contributed by atoms with E-state index in [1.807, 2.05) is 6.07 Å². The van der Waals surface area contributed by atoms with Crippen LogP contribution in [0.25, 0.3) is 10.9 Å². The predicted molar refractivity (Wildman–Crippen MR) is 128 cm³/mol. The van der Waals surface area contributed by atoms with E-state index in [9.17, 15) is 18.0 Å².